The van der Waals surface area contributed by atoms with Crippen LogP contribution in [-0.4, -0.2) is 38.7 Å². The van der Waals surface area contributed by atoms with Crippen molar-refractivity contribution in [2.75, 3.05) is 17.9 Å². The third kappa shape index (κ3) is 3.07. The molecule has 0 aromatic heterocycles. The lowest BCUT2D eigenvalue weighted by Gasteiger charge is -2.28. The number of nitrogens with zero attached hydrogens (tertiary/aromatic N) is 2. The molecular weight excluding hydrogens is 409 g/mol. The fourth-order valence-electron chi connectivity index (χ4n) is 3.76. The average molecular weight is 427 g/mol. The molecule has 1 aliphatic heterocycles. The van der Waals surface area contributed by atoms with Gasteiger partial charge >= 0.3 is 0 Å². The summed E-state index contributed by atoms with van der Waals surface area (Å²) in [6.07, 6.45) is 0. The minimum Gasteiger partial charge on any atom is -0.368 e. The lowest BCUT2D eigenvalue weighted by molar-refractivity contribution is -0.136. The summed E-state index contributed by atoms with van der Waals surface area (Å²) in [6, 6.07) is 14.0. The first-order valence-corrected chi connectivity index (χ1v) is 10.5. The number of anilines is 1. The number of primary amides is 1. The van der Waals surface area contributed by atoms with Crippen LogP contribution >= 0.6 is 0 Å². The van der Waals surface area contributed by atoms with E-state index >= 15 is 0 Å². The summed E-state index contributed by atoms with van der Waals surface area (Å²) in [4.78, 5) is 26.2. The topological polar surface area (TPSA) is 101 Å². The Balaban J connectivity index is 1.68. The van der Waals surface area contributed by atoms with Gasteiger partial charge in [0.2, 0.25) is 11.8 Å². The second-order valence-electron chi connectivity index (χ2n) is 7.01. The number of carbonyl (C=O) groups is 2. The quantitative estimate of drug-likeness (QED) is 0.674. The van der Waals surface area contributed by atoms with E-state index in [2.05, 4.69) is 0 Å². The number of hydrogen-bond acceptors (Lipinski definition) is 4. The largest absolute Gasteiger partial charge is 0.368 e. The number of halogens is 1. The number of carbonyl (C=O) groups excluding carboxylic acids is 2. The SMILES string of the molecule is CN(C(=O)CN1c2cccc3cccc(c23)S1(=O)=O)C(C(N)=O)c1cccc(F)c1. The average Bonchev–Trinajstić information content (AvgIpc) is 2.91. The Labute approximate surface area is 172 Å². The third-order valence-corrected chi connectivity index (χ3v) is 6.98. The van der Waals surface area contributed by atoms with Crippen LogP contribution in [0.15, 0.2) is 65.6 Å². The molecule has 0 aliphatic carbocycles. The zero-order chi connectivity index (χ0) is 21.6. The van der Waals surface area contributed by atoms with Crippen molar-refractivity contribution >= 4 is 38.3 Å². The standard InChI is InChI=1S/C21H18FN3O4S/c1-24(20(21(23)27)14-7-2-8-15(22)11-14)18(26)12-25-16-9-3-5-13-6-4-10-17(19(13)16)30(25,28)29/h2-11,20H,12H2,1H3,(H2,23,27). The molecule has 0 saturated heterocycles. The molecule has 2 amide bonds. The van der Waals surface area contributed by atoms with Crippen LogP contribution in [0.3, 0.4) is 0 Å². The monoisotopic (exact) mass is 427 g/mol. The molecule has 1 heterocycles. The summed E-state index contributed by atoms with van der Waals surface area (Å²) in [5, 5.41) is 1.29. The number of hydrogen-bond donors (Lipinski definition) is 1. The fourth-order valence-corrected chi connectivity index (χ4v) is 5.42. The molecule has 0 radical (unpaired) electrons. The van der Waals surface area contributed by atoms with Crippen molar-refractivity contribution in [3.05, 3.63) is 72.0 Å². The van der Waals surface area contributed by atoms with Gasteiger partial charge in [0.1, 0.15) is 18.4 Å². The first-order chi connectivity index (χ1) is 14.2. The summed E-state index contributed by atoms with van der Waals surface area (Å²) >= 11 is 0. The summed E-state index contributed by atoms with van der Waals surface area (Å²) in [6.45, 7) is -0.522. The highest BCUT2D eigenvalue weighted by Crippen LogP contribution is 2.41. The van der Waals surface area contributed by atoms with Crippen LogP contribution in [0.25, 0.3) is 10.8 Å². The predicted molar refractivity (Wildman–Crippen MR) is 110 cm³/mol. The van der Waals surface area contributed by atoms with Crippen LogP contribution in [0.2, 0.25) is 0 Å². The normalized spacial score (nSPS) is 15.2. The Bertz CT molecular complexity index is 1290. The number of rotatable bonds is 5. The lowest BCUT2D eigenvalue weighted by Crippen LogP contribution is -2.45. The molecule has 0 bridgehead atoms. The van der Waals surface area contributed by atoms with Crippen molar-refractivity contribution in [2.45, 2.75) is 10.9 Å². The van der Waals surface area contributed by atoms with Gasteiger partial charge in [-0.15, -0.1) is 0 Å². The van der Waals surface area contributed by atoms with Crippen LogP contribution in [0.5, 0.6) is 0 Å². The number of nitrogens with two attached hydrogens (primary N) is 1. The van der Waals surface area contributed by atoms with Crippen molar-refractivity contribution in [1.29, 1.82) is 0 Å². The van der Waals surface area contributed by atoms with Crippen LogP contribution < -0.4 is 10.0 Å². The van der Waals surface area contributed by atoms with Gasteiger partial charge in [0.05, 0.1) is 10.6 Å². The molecule has 7 nitrogen and oxygen atoms in total. The highest BCUT2D eigenvalue weighted by Gasteiger charge is 2.38. The van der Waals surface area contributed by atoms with E-state index in [1.165, 1.54) is 31.3 Å². The first kappa shape index (κ1) is 19.8. The van der Waals surface area contributed by atoms with Gasteiger partial charge in [-0.1, -0.05) is 36.4 Å². The Kier molecular flexibility index (Phi) is 4.70. The van der Waals surface area contributed by atoms with E-state index in [0.29, 0.717) is 11.1 Å². The lowest BCUT2D eigenvalue weighted by atomic mass is 10.0. The predicted octanol–water partition coefficient (Wildman–Crippen LogP) is 2.17. The van der Waals surface area contributed by atoms with Gasteiger partial charge in [-0.25, -0.2) is 12.8 Å². The third-order valence-electron chi connectivity index (χ3n) is 5.17. The first-order valence-electron chi connectivity index (χ1n) is 9.07. The Morgan fingerprint density at radius 1 is 1.10 bits per heavy atom. The minimum absolute atomic E-state index is 0.127. The van der Waals surface area contributed by atoms with E-state index in [9.17, 15) is 22.4 Å². The smallest absolute Gasteiger partial charge is 0.265 e. The van der Waals surface area contributed by atoms with Gasteiger partial charge in [-0.3, -0.25) is 13.9 Å². The summed E-state index contributed by atoms with van der Waals surface area (Å²) in [5.74, 6) is -2.09. The van der Waals surface area contributed by atoms with Crippen LogP contribution in [0.4, 0.5) is 10.1 Å². The number of likely N-dealkylation sites (N-methyl/N-ethyl adjacent to an activating group) is 1. The van der Waals surface area contributed by atoms with E-state index in [1.54, 1.807) is 30.3 Å². The van der Waals surface area contributed by atoms with Gasteiger partial charge < -0.3 is 10.6 Å². The maximum atomic E-state index is 13.6. The van der Waals surface area contributed by atoms with Gasteiger partial charge in [0, 0.05) is 12.4 Å². The summed E-state index contributed by atoms with van der Waals surface area (Å²) < 4.78 is 40.8. The molecule has 1 unspecified atom stereocenters. The molecule has 0 spiro atoms. The van der Waals surface area contributed by atoms with Crippen LogP contribution in [0.1, 0.15) is 11.6 Å². The molecule has 3 aromatic rings. The summed E-state index contributed by atoms with van der Waals surface area (Å²) in [5.41, 5.74) is 6.06. The molecule has 9 heteroatoms. The Hall–Kier alpha value is -3.46. The second kappa shape index (κ2) is 7.10. The van der Waals surface area contributed by atoms with Gasteiger partial charge in [-0.05, 0) is 35.2 Å². The molecule has 4 rings (SSSR count). The van der Waals surface area contributed by atoms with E-state index in [-0.39, 0.29) is 10.5 Å². The van der Waals surface area contributed by atoms with Crippen molar-refractivity contribution in [1.82, 2.24) is 4.90 Å². The fraction of sp³-hybridized carbons (Fsp3) is 0.143. The highest BCUT2D eigenvalue weighted by molar-refractivity contribution is 7.93. The van der Waals surface area contributed by atoms with Gasteiger partial charge in [0.25, 0.3) is 10.0 Å². The number of amides is 2. The molecular formula is C21H18FN3O4S. The van der Waals surface area contributed by atoms with Crippen molar-refractivity contribution < 1.29 is 22.4 Å². The maximum Gasteiger partial charge on any atom is 0.265 e. The molecule has 0 fully saturated rings. The van der Waals surface area contributed by atoms with Crippen LogP contribution in [0, 0.1) is 5.82 Å². The van der Waals surface area contributed by atoms with Crippen molar-refractivity contribution in [2.24, 2.45) is 5.73 Å². The highest BCUT2D eigenvalue weighted by atomic mass is 32.2. The molecule has 1 aliphatic rings. The summed E-state index contributed by atoms with van der Waals surface area (Å²) in [7, 11) is -2.60. The maximum absolute atomic E-state index is 13.6. The zero-order valence-corrected chi connectivity index (χ0v) is 16.8. The van der Waals surface area contributed by atoms with E-state index in [4.69, 9.17) is 5.73 Å². The van der Waals surface area contributed by atoms with E-state index < -0.39 is 40.2 Å². The van der Waals surface area contributed by atoms with Crippen LogP contribution in [-0.2, 0) is 19.6 Å². The van der Waals surface area contributed by atoms with Gasteiger partial charge in [-0.2, -0.15) is 0 Å². The molecule has 1 atom stereocenters. The Morgan fingerprint density at radius 2 is 1.77 bits per heavy atom. The number of benzene rings is 3. The molecule has 0 saturated carbocycles. The Morgan fingerprint density at radius 3 is 2.43 bits per heavy atom. The van der Waals surface area contributed by atoms with Crippen molar-refractivity contribution in [3.8, 4) is 0 Å². The van der Waals surface area contributed by atoms with Gasteiger partial charge in [0.15, 0.2) is 0 Å². The molecule has 2 N–H and O–H groups in total. The number of sulfonamides is 1. The molecule has 3 aromatic carbocycles. The molecule has 30 heavy (non-hydrogen) atoms. The van der Waals surface area contributed by atoms with Crippen molar-refractivity contribution in [3.63, 3.8) is 0 Å². The zero-order valence-electron chi connectivity index (χ0n) is 15.9. The van der Waals surface area contributed by atoms with E-state index in [1.807, 2.05) is 0 Å². The molecule has 154 valence electrons. The van der Waals surface area contributed by atoms with E-state index in [0.717, 1.165) is 20.7 Å². The minimum atomic E-state index is -3.93. The second-order valence-corrected chi connectivity index (χ2v) is 8.84.